The summed E-state index contributed by atoms with van der Waals surface area (Å²) in [5.74, 6) is 0.283. The lowest BCUT2D eigenvalue weighted by molar-refractivity contribution is 0.392. The number of halogens is 2. The first-order chi connectivity index (χ1) is 48.7. The first-order valence-electron chi connectivity index (χ1n) is 42.3. The standard InChI is InChI=1S/C90H140F2N2O2S3/c1-9-13-17-21-25-29-33-37-41-45-49-53-57-61-89(62-58-54-50-46-42-38-34-30-26-22-18-14-10-2)73-65-69(5)97-87(73)78-75(95-7)66-72-71(81(78)89)67-76(96-8)79-82(72)90(63-59-55-51-47-43-39-35-31-27-23-19-15-11-3,64-60-56-52-48-44-40-36-32-28-24-20-16-12-4)74-68-77(98-88(74)79)80-84(92)83(91)70(6)85-86(80)94-99-93-85/h65-68H,9-64H2,1-8H3. The molecule has 2 aliphatic rings. The minimum absolute atomic E-state index is 0.166. The molecule has 3 aromatic heterocycles. The van der Waals surface area contributed by atoms with E-state index in [4.69, 9.17) is 13.8 Å². The van der Waals surface area contributed by atoms with Crippen LogP contribution in [0.3, 0.4) is 0 Å². The number of benzene rings is 3. The molecule has 0 fully saturated rings. The van der Waals surface area contributed by atoms with E-state index in [1.165, 1.54) is 364 Å². The summed E-state index contributed by atoms with van der Waals surface area (Å²) in [7, 11) is 3.83. The van der Waals surface area contributed by atoms with Gasteiger partial charge >= 0.3 is 0 Å². The van der Waals surface area contributed by atoms with Gasteiger partial charge in [-0.15, -0.1) is 22.7 Å². The highest BCUT2D eigenvalue weighted by Crippen LogP contribution is 2.67. The normalized spacial score (nSPS) is 13.6. The van der Waals surface area contributed by atoms with Gasteiger partial charge in [-0.1, -0.05) is 362 Å². The summed E-state index contributed by atoms with van der Waals surface area (Å²) in [5, 5.41) is 2.67. The van der Waals surface area contributed by atoms with E-state index in [1.807, 2.05) is 25.6 Å². The quantitative estimate of drug-likeness (QED) is 0.0357. The molecule has 0 spiro atoms. The highest BCUT2D eigenvalue weighted by molar-refractivity contribution is 7.19. The number of aryl methyl sites for hydroxylation is 2. The molecule has 0 N–H and O–H groups in total. The third-order valence-electron chi connectivity index (χ3n) is 23.7. The zero-order chi connectivity index (χ0) is 69.9. The molecule has 6 aromatic rings. The highest BCUT2D eigenvalue weighted by Gasteiger charge is 2.51. The zero-order valence-corrected chi connectivity index (χ0v) is 67.0. The molecular weight excluding hydrogens is 1280 g/mol. The number of methoxy groups -OCH3 is 2. The Morgan fingerprint density at radius 3 is 0.929 bits per heavy atom. The van der Waals surface area contributed by atoms with Gasteiger partial charge in [0.2, 0.25) is 0 Å². The fraction of sp³-hybridized carbons (Fsp3) is 0.733. The maximum absolute atomic E-state index is 17.0. The lowest BCUT2D eigenvalue weighted by Crippen LogP contribution is -2.27. The largest absolute Gasteiger partial charge is 0.496 e. The summed E-state index contributed by atoms with van der Waals surface area (Å²) in [4.78, 5) is 4.71. The van der Waals surface area contributed by atoms with Gasteiger partial charge in [0.15, 0.2) is 11.6 Å². The molecule has 0 unspecified atom stereocenters. The van der Waals surface area contributed by atoms with Gasteiger partial charge < -0.3 is 9.47 Å². The van der Waals surface area contributed by atoms with Crippen LogP contribution in [0.1, 0.15) is 420 Å². The molecule has 8 rings (SSSR count). The fourth-order valence-electron chi connectivity index (χ4n) is 18.0. The Hall–Kier alpha value is -3.40. The Kier molecular flexibility index (Phi) is 37.0. The molecule has 0 amide bonds. The topological polar surface area (TPSA) is 44.2 Å². The molecule has 0 saturated heterocycles. The molecule has 0 aliphatic heterocycles. The van der Waals surface area contributed by atoms with Crippen LogP contribution in [-0.2, 0) is 10.8 Å². The van der Waals surface area contributed by atoms with E-state index in [2.05, 4.69) is 63.3 Å². The summed E-state index contributed by atoms with van der Waals surface area (Å²) in [6.45, 7) is 13.2. The monoisotopic (exact) mass is 1420 g/mol. The molecule has 0 radical (unpaired) electrons. The second-order valence-electron chi connectivity index (χ2n) is 31.4. The number of thiophene rings is 2. The van der Waals surface area contributed by atoms with Crippen molar-refractivity contribution in [2.24, 2.45) is 0 Å². The third kappa shape index (κ3) is 22.3. The molecule has 3 aromatic carbocycles. The van der Waals surface area contributed by atoms with Gasteiger partial charge in [-0.3, -0.25) is 0 Å². The number of ether oxygens (including phenoxy) is 2. The van der Waals surface area contributed by atoms with Crippen molar-refractivity contribution >= 4 is 56.2 Å². The Labute approximate surface area is 616 Å². The van der Waals surface area contributed by atoms with Crippen LogP contribution < -0.4 is 9.47 Å². The number of nitrogens with zero attached hydrogens (tertiary/aromatic N) is 2. The molecule has 4 nitrogen and oxygen atoms in total. The molecule has 554 valence electrons. The second-order valence-corrected chi connectivity index (χ2v) is 34.3. The average Bonchev–Trinajstić information content (AvgIpc) is 1.52. The van der Waals surface area contributed by atoms with E-state index >= 15 is 8.78 Å². The van der Waals surface area contributed by atoms with Crippen molar-refractivity contribution in [3.05, 3.63) is 68.6 Å². The third-order valence-corrected chi connectivity index (χ3v) is 26.5. The predicted molar refractivity (Wildman–Crippen MR) is 432 cm³/mol. The van der Waals surface area contributed by atoms with E-state index in [0.29, 0.717) is 11.0 Å². The minimum atomic E-state index is -0.821. The SMILES string of the molecule is CCCCCCCCCCCCCCCC1(CCCCCCCCCCCCCCC)c2cc(C)sc2-c2c(OC)cc3c4c(c(OC)cc3c21)-c1sc(-c2c(F)c(F)c(C)c3nsnc23)cc1C4(CCCCCCCCCCCCCCC)CCCCCCCCCCCCCCC. The Bertz CT molecular complexity index is 3180. The van der Waals surface area contributed by atoms with Gasteiger partial charge in [0.1, 0.15) is 22.5 Å². The van der Waals surface area contributed by atoms with Crippen LogP contribution >= 0.6 is 34.4 Å². The maximum Gasteiger partial charge on any atom is 0.170 e. The van der Waals surface area contributed by atoms with Crippen molar-refractivity contribution in [1.82, 2.24) is 8.75 Å². The smallest absolute Gasteiger partial charge is 0.170 e. The Morgan fingerprint density at radius 1 is 0.333 bits per heavy atom. The van der Waals surface area contributed by atoms with Crippen LogP contribution in [0.25, 0.3) is 53.1 Å². The van der Waals surface area contributed by atoms with Crippen molar-refractivity contribution in [2.45, 2.75) is 412 Å². The van der Waals surface area contributed by atoms with Crippen molar-refractivity contribution in [2.75, 3.05) is 14.2 Å². The molecule has 0 saturated carbocycles. The highest BCUT2D eigenvalue weighted by atomic mass is 32.1. The molecule has 0 atom stereocenters. The van der Waals surface area contributed by atoms with Gasteiger partial charge in [0.05, 0.1) is 31.5 Å². The van der Waals surface area contributed by atoms with Crippen LogP contribution in [-0.4, -0.2) is 23.0 Å². The molecule has 3 heterocycles. The summed E-state index contributed by atoms with van der Waals surface area (Å²) >= 11 is 4.67. The van der Waals surface area contributed by atoms with E-state index in [1.54, 1.807) is 23.8 Å². The fourth-order valence-corrected chi connectivity index (χ4v) is 21.1. The lowest BCUT2D eigenvalue weighted by atomic mass is 9.67. The van der Waals surface area contributed by atoms with Crippen LogP contribution in [0.15, 0.2) is 24.3 Å². The summed E-state index contributed by atoms with van der Waals surface area (Å²) in [6.07, 6.45) is 73.5. The van der Waals surface area contributed by atoms with Crippen molar-refractivity contribution < 1.29 is 18.3 Å². The van der Waals surface area contributed by atoms with E-state index in [-0.39, 0.29) is 16.5 Å². The summed E-state index contributed by atoms with van der Waals surface area (Å²) in [6, 6.07) is 9.86. The Morgan fingerprint density at radius 2 is 0.616 bits per heavy atom. The molecule has 99 heavy (non-hydrogen) atoms. The van der Waals surface area contributed by atoms with Gasteiger partial charge in [0.25, 0.3) is 0 Å². The van der Waals surface area contributed by atoms with Crippen LogP contribution in [0.4, 0.5) is 8.78 Å². The number of unbranched alkanes of at least 4 members (excludes halogenated alkanes) is 48. The van der Waals surface area contributed by atoms with Crippen LogP contribution in [0.2, 0.25) is 0 Å². The number of hydrogen-bond acceptors (Lipinski definition) is 7. The number of rotatable bonds is 59. The van der Waals surface area contributed by atoms with Crippen molar-refractivity contribution in [3.63, 3.8) is 0 Å². The second kappa shape index (κ2) is 45.1. The van der Waals surface area contributed by atoms with Gasteiger partial charge in [-0.2, -0.15) is 8.75 Å². The lowest BCUT2D eigenvalue weighted by Gasteiger charge is -2.36. The molecule has 2 aliphatic carbocycles. The zero-order valence-electron chi connectivity index (χ0n) is 64.6. The summed E-state index contributed by atoms with van der Waals surface area (Å²) < 4.78 is 56.5. The maximum atomic E-state index is 17.0. The predicted octanol–water partition coefficient (Wildman–Crippen LogP) is 32.0. The minimum Gasteiger partial charge on any atom is -0.496 e. The molecule has 9 heteroatoms. The van der Waals surface area contributed by atoms with Crippen molar-refractivity contribution in [3.8, 4) is 42.8 Å². The van der Waals surface area contributed by atoms with Gasteiger partial charge in [-0.25, -0.2) is 8.78 Å². The first-order valence-corrected chi connectivity index (χ1v) is 44.6. The summed E-state index contributed by atoms with van der Waals surface area (Å²) in [5.41, 5.74) is 9.06. The first kappa shape index (κ1) is 81.3. The average molecular weight is 1420 g/mol. The van der Waals surface area contributed by atoms with Gasteiger partial charge in [0, 0.05) is 47.0 Å². The van der Waals surface area contributed by atoms with E-state index < -0.39 is 17.0 Å². The van der Waals surface area contributed by atoms with Crippen LogP contribution in [0, 0.1) is 25.5 Å². The number of hydrogen-bond donors (Lipinski definition) is 0. The van der Waals surface area contributed by atoms with E-state index in [0.717, 1.165) is 77.1 Å². The molecule has 0 bridgehead atoms. The number of aromatic nitrogens is 2. The number of fused-ring (bicyclic) bond motifs is 10. The molecular formula is C90H140F2N2O2S3. The van der Waals surface area contributed by atoms with E-state index in [9.17, 15) is 0 Å². The Balaban J connectivity index is 1.18. The van der Waals surface area contributed by atoms with Crippen LogP contribution in [0.5, 0.6) is 11.5 Å². The van der Waals surface area contributed by atoms with Crippen molar-refractivity contribution in [1.29, 1.82) is 0 Å². The van der Waals surface area contributed by atoms with Gasteiger partial charge in [-0.05, 0) is 96.8 Å².